The minimum Gasteiger partial charge on any atom is -0.491 e. The van der Waals surface area contributed by atoms with E-state index in [0.717, 1.165) is 13.2 Å². The van der Waals surface area contributed by atoms with E-state index in [9.17, 15) is 4.39 Å². The number of halogens is 1. The molecular weight excluding hydrogens is 247 g/mol. The van der Waals surface area contributed by atoms with Gasteiger partial charge in [0, 0.05) is 0 Å². The van der Waals surface area contributed by atoms with Crippen molar-refractivity contribution in [2.45, 2.75) is 0 Å². The van der Waals surface area contributed by atoms with Crippen LogP contribution in [0.5, 0.6) is 5.75 Å². The van der Waals surface area contributed by atoms with Crippen LogP contribution in [0.25, 0.3) is 0 Å². The number of ether oxygens (including phenoxy) is 2. The predicted molar refractivity (Wildman–Crippen MR) is 69.9 cm³/mol. The van der Waals surface area contributed by atoms with Gasteiger partial charge in [0.1, 0.15) is 50.9 Å². The molecule has 1 heterocycles. The fourth-order valence-corrected chi connectivity index (χ4v) is 2.20. The number of rotatable bonds is 7. The number of nitrogens with one attached hydrogen (secondary N) is 1. The predicted octanol–water partition coefficient (Wildman–Crippen LogP) is -1.32. The standard InChI is InChI=1S/C14H21FN2O2/c15-13-1-3-14(4-2-13)19-12-11-18-10-9-17-7-5-16-6-8-17/h1-4,16H,5-12H2/p+2. The van der Waals surface area contributed by atoms with E-state index in [4.69, 9.17) is 9.47 Å². The van der Waals surface area contributed by atoms with Crippen LogP contribution in [0.3, 0.4) is 0 Å². The molecule has 4 nitrogen and oxygen atoms in total. The van der Waals surface area contributed by atoms with Crippen molar-refractivity contribution in [3.05, 3.63) is 30.1 Å². The van der Waals surface area contributed by atoms with Gasteiger partial charge in [0.25, 0.3) is 0 Å². The Bertz CT molecular complexity index is 353. The second-order valence-electron chi connectivity index (χ2n) is 4.78. The van der Waals surface area contributed by atoms with Crippen molar-refractivity contribution in [3.63, 3.8) is 0 Å². The second-order valence-corrected chi connectivity index (χ2v) is 4.78. The van der Waals surface area contributed by atoms with Gasteiger partial charge in [0.15, 0.2) is 0 Å². The van der Waals surface area contributed by atoms with E-state index in [1.807, 2.05) is 0 Å². The number of benzene rings is 1. The number of hydrogen-bond donors (Lipinski definition) is 2. The minimum atomic E-state index is -0.245. The molecule has 1 fully saturated rings. The van der Waals surface area contributed by atoms with Gasteiger partial charge in [-0.2, -0.15) is 0 Å². The summed E-state index contributed by atoms with van der Waals surface area (Å²) >= 11 is 0. The van der Waals surface area contributed by atoms with E-state index in [1.54, 1.807) is 17.0 Å². The van der Waals surface area contributed by atoms with E-state index in [-0.39, 0.29) is 5.82 Å². The van der Waals surface area contributed by atoms with Gasteiger partial charge >= 0.3 is 0 Å². The van der Waals surface area contributed by atoms with E-state index in [2.05, 4.69) is 5.32 Å². The van der Waals surface area contributed by atoms with E-state index < -0.39 is 0 Å². The van der Waals surface area contributed by atoms with Crippen molar-refractivity contribution < 1.29 is 24.1 Å². The molecule has 1 aromatic rings. The molecular formula is C14H23FN2O2+2. The van der Waals surface area contributed by atoms with Crippen LogP contribution >= 0.6 is 0 Å². The van der Waals surface area contributed by atoms with Gasteiger partial charge < -0.3 is 19.7 Å². The first-order chi connectivity index (χ1) is 9.34. The molecule has 0 aliphatic carbocycles. The fraction of sp³-hybridized carbons (Fsp3) is 0.571. The Balaban J connectivity index is 1.49. The maximum absolute atomic E-state index is 12.7. The molecule has 5 heteroatoms. The van der Waals surface area contributed by atoms with Crippen molar-refractivity contribution in [2.24, 2.45) is 0 Å². The quantitative estimate of drug-likeness (QED) is 0.604. The van der Waals surface area contributed by atoms with Gasteiger partial charge in [-0.3, -0.25) is 0 Å². The third kappa shape index (κ3) is 5.55. The van der Waals surface area contributed by atoms with Gasteiger partial charge in [-0.05, 0) is 24.3 Å². The molecule has 0 saturated carbocycles. The molecule has 0 unspecified atom stereocenters. The highest BCUT2D eigenvalue weighted by molar-refractivity contribution is 5.21. The summed E-state index contributed by atoms with van der Waals surface area (Å²) in [6, 6.07) is 6.05. The van der Waals surface area contributed by atoms with Gasteiger partial charge in [-0.25, -0.2) is 4.39 Å². The molecule has 1 aliphatic rings. The Hall–Kier alpha value is -1.17. The first kappa shape index (κ1) is 14.2. The number of nitrogens with two attached hydrogens (primary N) is 1. The average molecular weight is 270 g/mol. The van der Waals surface area contributed by atoms with Gasteiger partial charge in [0.05, 0.1) is 13.2 Å². The van der Waals surface area contributed by atoms with Crippen LogP contribution in [-0.4, -0.2) is 52.5 Å². The Labute approximate surface area is 113 Å². The van der Waals surface area contributed by atoms with Crippen LogP contribution in [-0.2, 0) is 4.74 Å². The number of quaternary nitrogens is 2. The second kappa shape index (κ2) is 8.09. The highest BCUT2D eigenvalue weighted by Gasteiger charge is 2.14. The molecule has 2 rings (SSSR count). The lowest BCUT2D eigenvalue weighted by Crippen LogP contribution is -3.20. The van der Waals surface area contributed by atoms with Crippen LogP contribution in [0.2, 0.25) is 0 Å². The Kier molecular flexibility index (Phi) is 6.07. The summed E-state index contributed by atoms with van der Waals surface area (Å²) in [5.74, 6) is 0.438. The van der Waals surface area contributed by atoms with Crippen molar-refractivity contribution >= 4 is 0 Å². The molecule has 19 heavy (non-hydrogen) atoms. The molecule has 106 valence electrons. The SMILES string of the molecule is Fc1ccc(OCCOCC[NH+]2CC[NH2+]CC2)cc1. The zero-order chi connectivity index (χ0) is 13.3. The zero-order valence-corrected chi connectivity index (χ0v) is 11.2. The van der Waals surface area contributed by atoms with Crippen molar-refractivity contribution in [1.29, 1.82) is 0 Å². The van der Waals surface area contributed by atoms with E-state index >= 15 is 0 Å². The van der Waals surface area contributed by atoms with Crippen molar-refractivity contribution in [3.8, 4) is 5.75 Å². The highest BCUT2D eigenvalue weighted by Crippen LogP contribution is 2.10. The monoisotopic (exact) mass is 270 g/mol. The first-order valence-corrected chi connectivity index (χ1v) is 6.96. The molecule has 0 atom stereocenters. The normalized spacial score (nSPS) is 16.5. The molecule has 0 spiro atoms. The average Bonchev–Trinajstić information content (AvgIpc) is 2.46. The summed E-state index contributed by atoms with van der Waals surface area (Å²) in [4.78, 5) is 1.63. The number of hydrogen-bond acceptors (Lipinski definition) is 2. The lowest BCUT2D eigenvalue weighted by Gasteiger charge is -2.21. The molecule has 1 saturated heterocycles. The number of piperazine rings is 1. The van der Waals surface area contributed by atoms with Crippen molar-refractivity contribution in [2.75, 3.05) is 52.5 Å². The molecule has 1 aliphatic heterocycles. The first-order valence-electron chi connectivity index (χ1n) is 6.96. The summed E-state index contributed by atoms with van der Waals surface area (Å²) in [6.07, 6.45) is 0. The fourth-order valence-electron chi connectivity index (χ4n) is 2.20. The van der Waals surface area contributed by atoms with Crippen LogP contribution in [0.1, 0.15) is 0 Å². The van der Waals surface area contributed by atoms with E-state index in [1.165, 1.54) is 38.3 Å². The largest absolute Gasteiger partial charge is 0.491 e. The van der Waals surface area contributed by atoms with Crippen LogP contribution < -0.4 is 15.0 Å². The summed E-state index contributed by atoms with van der Waals surface area (Å²) < 4.78 is 23.7. The van der Waals surface area contributed by atoms with Gasteiger partial charge in [0.2, 0.25) is 0 Å². The molecule has 0 amide bonds. The van der Waals surface area contributed by atoms with Crippen LogP contribution in [0.4, 0.5) is 4.39 Å². The maximum Gasteiger partial charge on any atom is 0.127 e. The third-order valence-electron chi connectivity index (χ3n) is 3.31. The Morgan fingerprint density at radius 1 is 1.05 bits per heavy atom. The van der Waals surface area contributed by atoms with Crippen LogP contribution in [0, 0.1) is 5.82 Å². The maximum atomic E-state index is 12.7. The third-order valence-corrected chi connectivity index (χ3v) is 3.31. The summed E-state index contributed by atoms with van der Waals surface area (Å²) in [7, 11) is 0. The molecule has 0 bridgehead atoms. The lowest BCUT2D eigenvalue weighted by atomic mass is 10.3. The topological polar surface area (TPSA) is 39.5 Å². The lowest BCUT2D eigenvalue weighted by molar-refractivity contribution is -0.947. The van der Waals surface area contributed by atoms with E-state index in [0.29, 0.717) is 19.0 Å². The Morgan fingerprint density at radius 2 is 1.79 bits per heavy atom. The minimum absolute atomic E-state index is 0.245. The molecule has 0 radical (unpaired) electrons. The van der Waals surface area contributed by atoms with Gasteiger partial charge in [-0.15, -0.1) is 0 Å². The Morgan fingerprint density at radius 3 is 2.53 bits per heavy atom. The molecule has 0 aromatic heterocycles. The molecule has 3 N–H and O–H groups in total. The highest BCUT2D eigenvalue weighted by atomic mass is 19.1. The smallest absolute Gasteiger partial charge is 0.127 e. The summed E-state index contributed by atoms with van der Waals surface area (Å²) in [6.45, 7) is 7.86. The summed E-state index contributed by atoms with van der Waals surface area (Å²) in [5, 5.41) is 2.36. The van der Waals surface area contributed by atoms with Crippen molar-refractivity contribution in [1.82, 2.24) is 0 Å². The van der Waals surface area contributed by atoms with Crippen LogP contribution in [0.15, 0.2) is 24.3 Å². The summed E-state index contributed by atoms with van der Waals surface area (Å²) in [5.41, 5.74) is 0. The molecule has 1 aromatic carbocycles. The van der Waals surface area contributed by atoms with Gasteiger partial charge in [-0.1, -0.05) is 0 Å². The zero-order valence-electron chi connectivity index (χ0n) is 11.2.